The molecule has 0 aliphatic heterocycles. The summed E-state index contributed by atoms with van der Waals surface area (Å²) in [5, 5.41) is 22.7. The number of Topliss-reactive ketones (excluding diaryl/α,β-unsaturated/α-hetero) is 1. The van der Waals surface area contributed by atoms with Gasteiger partial charge in [0.2, 0.25) is 5.91 Å². The van der Waals surface area contributed by atoms with Crippen LogP contribution in [0.15, 0.2) is 36.4 Å². The predicted molar refractivity (Wildman–Crippen MR) is 145 cm³/mol. The van der Waals surface area contributed by atoms with Gasteiger partial charge in [0.25, 0.3) is 0 Å². The van der Waals surface area contributed by atoms with Crippen molar-refractivity contribution >= 4 is 17.7 Å². The molecule has 6 nitrogen and oxygen atoms in total. The Hall–Kier alpha value is -2.47. The van der Waals surface area contributed by atoms with Crippen LogP contribution in [0.5, 0.6) is 0 Å². The first kappa shape index (κ1) is 31.6. The summed E-state index contributed by atoms with van der Waals surface area (Å²) in [5.74, 6) is -2.75. The fourth-order valence-corrected chi connectivity index (χ4v) is 4.08. The lowest BCUT2D eigenvalue weighted by molar-refractivity contribution is -0.163. The van der Waals surface area contributed by atoms with Crippen molar-refractivity contribution in [2.24, 2.45) is 5.92 Å². The molecule has 0 heterocycles. The molecule has 0 saturated carbocycles. The van der Waals surface area contributed by atoms with Crippen molar-refractivity contribution in [3.63, 3.8) is 0 Å². The van der Waals surface area contributed by atoms with Crippen molar-refractivity contribution in [3.8, 4) is 0 Å². The molecule has 6 heteroatoms. The number of carbonyl (C=O) groups is 3. The van der Waals surface area contributed by atoms with Crippen LogP contribution < -0.4 is 5.32 Å². The lowest BCUT2D eigenvalue weighted by atomic mass is 9.87. The quantitative estimate of drug-likeness (QED) is 0.152. The number of carboxylic acid groups (broad SMARTS) is 1. The molecule has 2 atom stereocenters. The number of ketones is 1. The van der Waals surface area contributed by atoms with Crippen LogP contribution in [0.25, 0.3) is 0 Å². The number of hydrogen-bond donors (Lipinski definition) is 3. The minimum atomic E-state index is -2.19. The number of hydrogen-bond acceptors (Lipinski definition) is 4. The highest BCUT2D eigenvalue weighted by atomic mass is 16.4. The summed E-state index contributed by atoms with van der Waals surface area (Å²) >= 11 is 0. The van der Waals surface area contributed by atoms with E-state index in [1.54, 1.807) is 6.08 Å². The Morgan fingerprint density at radius 3 is 2.11 bits per heavy atom. The third-order valence-corrected chi connectivity index (χ3v) is 6.62. The number of amides is 1. The number of aliphatic hydroxyl groups is 1. The lowest BCUT2D eigenvalue weighted by Gasteiger charge is -2.25. The van der Waals surface area contributed by atoms with E-state index in [4.69, 9.17) is 0 Å². The number of benzene rings is 1. The minimum absolute atomic E-state index is 0.360. The van der Waals surface area contributed by atoms with E-state index >= 15 is 0 Å². The van der Waals surface area contributed by atoms with Crippen LogP contribution in [-0.4, -0.2) is 40.0 Å². The van der Waals surface area contributed by atoms with Crippen molar-refractivity contribution < 1.29 is 24.6 Å². The zero-order valence-corrected chi connectivity index (χ0v) is 22.6. The molecule has 0 aliphatic rings. The van der Waals surface area contributed by atoms with Gasteiger partial charge in [0.1, 0.15) is 5.78 Å². The summed E-state index contributed by atoms with van der Waals surface area (Å²) in [6.07, 6.45) is 15.5. The van der Waals surface area contributed by atoms with E-state index in [2.05, 4.69) is 12.2 Å². The number of carboxylic acids is 1. The van der Waals surface area contributed by atoms with E-state index < -0.39 is 23.4 Å². The summed E-state index contributed by atoms with van der Waals surface area (Å²) in [5.41, 5.74) is 0.0419. The van der Waals surface area contributed by atoms with Gasteiger partial charge < -0.3 is 15.5 Å². The normalized spacial score (nSPS) is 13.9. The third-order valence-electron chi connectivity index (χ3n) is 6.62. The van der Waals surface area contributed by atoms with Gasteiger partial charge in [-0.25, -0.2) is 4.79 Å². The largest absolute Gasteiger partial charge is 0.479 e. The zero-order valence-electron chi connectivity index (χ0n) is 22.6. The molecule has 202 valence electrons. The fraction of sp³-hybridized carbons (Fsp3) is 0.633. The van der Waals surface area contributed by atoms with Crippen molar-refractivity contribution in [3.05, 3.63) is 47.5 Å². The molecule has 0 unspecified atom stereocenters. The molecular weight excluding hydrogens is 454 g/mol. The van der Waals surface area contributed by atoms with Gasteiger partial charge in [0.15, 0.2) is 5.60 Å². The van der Waals surface area contributed by atoms with Crippen LogP contribution in [0.2, 0.25) is 0 Å². The van der Waals surface area contributed by atoms with Crippen molar-refractivity contribution in [2.45, 2.75) is 110 Å². The van der Waals surface area contributed by atoms with Gasteiger partial charge in [-0.05, 0) is 51.5 Å². The average molecular weight is 502 g/mol. The van der Waals surface area contributed by atoms with Gasteiger partial charge in [-0.3, -0.25) is 9.59 Å². The second-order valence-corrected chi connectivity index (χ2v) is 10.0. The van der Waals surface area contributed by atoms with E-state index in [0.29, 0.717) is 38.0 Å². The van der Waals surface area contributed by atoms with Crippen LogP contribution in [0.1, 0.15) is 102 Å². The summed E-state index contributed by atoms with van der Waals surface area (Å²) in [7, 11) is 0. The molecule has 0 spiro atoms. The van der Waals surface area contributed by atoms with E-state index in [1.165, 1.54) is 25.3 Å². The summed E-state index contributed by atoms with van der Waals surface area (Å²) in [6.45, 7) is 5.71. The summed E-state index contributed by atoms with van der Waals surface area (Å²) in [6, 6.07) is 8.00. The number of unbranched alkanes of at least 4 members (excludes halogenated alkanes) is 8. The molecule has 0 bridgehead atoms. The van der Waals surface area contributed by atoms with Gasteiger partial charge in [0, 0.05) is 19.4 Å². The molecule has 3 N–H and O–H groups in total. The highest BCUT2D eigenvalue weighted by Crippen LogP contribution is 2.21. The second-order valence-electron chi connectivity index (χ2n) is 10.0. The molecule has 1 amide bonds. The van der Waals surface area contributed by atoms with Crippen LogP contribution in [0.4, 0.5) is 0 Å². The minimum Gasteiger partial charge on any atom is -0.479 e. The number of carbonyl (C=O) groups excluding carboxylic acids is 2. The summed E-state index contributed by atoms with van der Waals surface area (Å²) in [4.78, 5) is 36.2. The van der Waals surface area contributed by atoms with Crippen LogP contribution >= 0.6 is 0 Å². The van der Waals surface area contributed by atoms with E-state index in [-0.39, 0.29) is 0 Å². The van der Waals surface area contributed by atoms with Gasteiger partial charge in [0.05, 0.1) is 5.92 Å². The van der Waals surface area contributed by atoms with E-state index in [9.17, 15) is 24.6 Å². The van der Waals surface area contributed by atoms with E-state index in [0.717, 1.165) is 56.6 Å². The second kappa shape index (κ2) is 17.9. The Bertz CT molecular complexity index is 813. The molecule has 1 rings (SSSR count). The highest BCUT2D eigenvalue weighted by Gasteiger charge is 2.42. The maximum absolute atomic E-state index is 12.7. The smallest absolute Gasteiger partial charge is 0.336 e. The Kier molecular flexibility index (Phi) is 15.7. The number of allylic oxidation sites excluding steroid dienone is 1. The Labute approximate surface area is 217 Å². The molecule has 0 aliphatic carbocycles. The molecule has 0 saturated heterocycles. The number of nitrogens with one attached hydrogen (secondary N) is 1. The van der Waals surface area contributed by atoms with Crippen molar-refractivity contribution in [2.75, 3.05) is 6.54 Å². The van der Waals surface area contributed by atoms with Gasteiger partial charge in [-0.15, -0.1) is 0 Å². The Balaban J connectivity index is 2.36. The van der Waals surface area contributed by atoms with E-state index in [1.807, 2.05) is 31.2 Å². The fourth-order valence-electron chi connectivity index (χ4n) is 4.08. The maximum Gasteiger partial charge on any atom is 0.336 e. The molecule has 0 fully saturated rings. The molecule has 0 radical (unpaired) electrons. The van der Waals surface area contributed by atoms with Crippen LogP contribution in [-0.2, 0) is 20.8 Å². The first-order valence-electron chi connectivity index (χ1n) is 13.7. The third kappa shape index (κ3) is 13.0. The lowest BCUT2D eigenvalue weighted by Crippen LogP contribution is -2.49. The Morgan fingerprint density at radius 1 is 0.944 bits per heavy atom. The number of aryl methyl sites for hydroxylation is 1. The molecule has 1 aromatic carbocycles. The molecule has 36 heavy (non-hydrogen) atoms. The van der Waals surface area contributed by atoms with Crippen molar-refractivity contribution in [1.29, 1.82) is 0 Å². The summed E-state index contributed by atoms with van der Waals surface area (Å²) < 4.78 is 0. The van der Waals surface area contributed by atoms with Crippen molar-refractivity contribution in [1.82, 2.24) is 5.32 Å². The van der Waals surface area contributed by atoms with Gasteiger partial charge >= 0.3 is 5.97 Å². The molecule has 1 aromatic rings. The predicted octanol–water partition coefficient (Wildman–Crippen LogP) is 5.93. The number of aliphatic carboxylic acids is 1. The zero-order chi connectivity index (χ0) is 26.8. The number of rotatable bonds is 20. The molecule has 0 aromatic heterocycles. The topological polar surface area (TPSA) is 104 Å². The average Bonchev–Trinajstić information content (AvgIpc) is 2.83. The first-order valence-corrected chi connectivity index (χ1v) is 13.7. The molecular formula is C30H47NO5. The standard InChI is InChI=1S/C30H47NO5/c1-4-5-6-9-12-15-26(32)16-13-10-7-8-11-14-17-27(30(3,36)29(34)35)28(33)31-23-22-25-20-18-24(2)19-21-25/h14,17-21,27,36H,4-13,15-16,22-23H2,1-3H3,(H,31,33)(H,34,35)/t27-,30+/m1/s1. The monoisotopic (exact) mass is 501 g/mol. The Morgan fingerprint density at radius 2 is 1.53 bits per heavy atom. The first-order chi connectivity index (χ1) is 17.2. The van der Waals surface area contributed by atoms with Gasteiger partial charge in [-0.1, -0.05) is 87.4 Å². The van der Waals surface area contributed by atoms with Crippen LogP contribution in [0.3, 0.4) is 0 Å². The maximum atomic E-state index is 12.7. The SMILES string of the molecule is CCCCCCCC(=O)CCCCCCC=C[C@H](C(=O)NCCc1ccc(C)cc1)[C@](C)(O)C(=O)O. The van der Waals surface area contributed by atoms with Crippen LogP contribution in [0, 0.1) is 12.8 Å². The highest BCUT2D eigenvalue weighted by molar-refractivity contribution is 5.90. The van der Waals surface area contributed by atoms with Gasteiger partial charge in [-0.2, -0.15) is 0 Å².